The summed E-state index contributed by atoms with van der Waals surface area (Å²) in [6.45, 7) is 0.973. The summed E-state index contributed by atoms with van der Waals surface area (Å²) in [5.41, 5.74) is 7.39. The van der Waals surface area contributed by atoms with E-state index in [1.165, 1.54) is 6.07 Å². The Bertz CT molecular complexity index is 754. The van der Waals surface area contributed by atoms with E-state index < -0.39 is 0 Å². The quantitative estimate of drug-likeness (QED) is 0.324. The molecule has 2 rings (SSSR count). The van der Waals surface area contributed by atoms with Crippen LogP contribution in [0.4, 0.5) is 4.39 Å². The number of nitrogens with one attached hydrogen (secondary N) is 1. The van der Waals surface area contributed by atoms with Gasteiger partial charge in [0.2, 0.25) is 0 Å². The molecule has 0 heterocycles. The summed E-state index contributed by atoms with van der Waals surface area (Å²) in [6, 6.07) is 10.4. The molecule has 0 amide bonds. The molecule has 0 unspecified atom stereocenters. The second-order valence-corrected chi connectivity index (χ2v) is 5.99. The third kappa shape index (κ3) is 7.06. The number of hydrogen-bond donors (Lipinski definition) is 2. The summed E-state index contributed by atoms with van der Waals surface area (Å²) in [7, 11) is 3.21. The zero-order chi connectivity index (χ0) is 18.9. The predicted molar refractivity (Wildman–Crippen MR) is 118 cm³/mol. The number of nitrogens with two attached hydrogens (primary N) is 1. The van der Waals surface area contributed by atoms with Gasteiger partial charge < -0.3 is 20.5 Å². The van der Waals surface area contributed by atoms with E-state index in [0.29, 0.717) is 47.6 Å². The van der Waals surface area contributed by atoms with Crippen molar-refractivity contribution in [2.45, 2.75) is 12.8 Å². The molecule has 0 aliphatic heterocycles. The van der Waals surface area contributed by atoms with Crippen LogP contribution in [-0.2, 0) is 12.8 Å². The van der Waals surface area contributed by atoms with Crippen LogP contribution in [0, 0.1) is 5.82 Å². The Kier molecular flexibility index (Phi) is 10.2. The average Bonchev–Trinajstić information content (AvgIpc) is 2.64. The monoisotopic (exact) mass is 507 g/mol. The van der Waals surface area contributed by atoms with Crippen LogP contribution in [0.3, 0.4) is 0 Å². The number of benzene rings is 2. The standard InChI is InChI=1S/C19H23ClFN3O2.HI/c1-25-17-7-6-13(12-18(17)26-2)8-10-23-19(22)24-11-9-14-15(20)4-3-5-16(14)21;/h3-7,12H,8-11H2,1-2H3,(H3,22,23,24);1H. The molecule has 148 valence electrons. The van der Waals surface area contributed by atoms with Crippen LogP contribution in [0.5, 0.6) is 11.5 Å². The summed E-state index contributed by atoms with van der Waals surface area (Å²) in [5.74, 6) is 1.37. The van der Waals surface area contributed by atoms with Crippen molar-refractivity contribution in [3.8, 4) is 11.5 Å². The number of rotatable bonds is 8. The third-order valence-electron chi connectivity index (χ3n) is 3.87. The molecule has 0 aromatic heterocycles. The fourth-order valence-corrected chi connectivity index (χ4v) is 2.74. The molecular weight excluding hydrogens is 484 g/mol. The van der Waals surface area contributed by atoms with Gasteiger partial charge in [0.05, 0.1) is 14.2 Å². The maximum Gasteiger partial charge on any atom is 0.188 e. The molecule has 0 spiro atoms. The number of ether oxygens (including phenoxy) is 2. The average molecular weight is 508 g/mol. The molecule has 2 aromatic rings. The van der Waals surface area contributed by atoms with Crippen LogP contribution in [-0.4, -0.2) is 33.3 Å². The molecule has 0 saturated heterocycles. The predicted octanol–water partition coefficient (Wildman–Crippen LogP) is 3.80. The molecule has 0 saturated carbocycles. The van der Waals surface area contributed by atoms with E-state index in [9.17, 15) is 4.39 Å². The highest BCUT2D eigenvalue weighted by atomic mass is 127. The summed E-state index contributed by atoms with van der Waals surface area (Å²) in [4.78, 5) is 4.21. The fourth-order valence-electron chi connectivity index (χ4n) is 2.49. The maximum atomic E-state index is 13.7. The third-order valence-corrected chi connectivity index (χ3v) is 4.23. The van der Waals surface area contributed by atoms with Gasteiger partial charge in [-0.1, -0.05) is 23.7 Å². The van der Waals surface area contributed by atoms with Gasteiger partial charge in [-0.25, -0.2) is 4.39 Å². The van der Waals surface area contributed by atoms with E-state index in [2.05, 4.69) is 10.3 Å². The number of hydrogen-bond acceptors (Lipinski definition) is 3. The molecule has 0 radical (unpaired) electrons. The minimum Gasteiger partial charge on any atom is -0.493 e. The first-order valence-electron chi connectivity index (χ1n) is 8.22. The van der Waals surface area contributed by atoms with E-state index in [-0.39, 0.29) is 29.8 Å². The summed E-state index contributed by atoms with van der Waals surface area (Å²) in [5, 5.41) is 3.44. The lowest BCUT2D eigenvalue weighted by atomic mass is 10.1. The lowest BCUT2D eigenvalue weighted by Gasteiger charge is -2.10. The Morgan fingerprint density at radius 3 is 2.56 bits per heavy atom. The van der Waals surface area contributed by atoms with E-state index in [1.807, 2.05) is 18.2 Å². The second kappa shape index (κ2) is 11.9. The lowest BCUT2D eigenvalue weighted by molar-refractivity contribution is 0.354. The first kappa shape index (κ1) is 23.3. The van der Waals surface area contributed by atoms with Gasteiger partial charge in [0, 0.05) is 23.7 Å². The molecule has 27 heavy (non-hydrogen) atoms. The van der Waals surface area contributed by atoms with Crippen LogP contribution < -0.4 is 20.5 Å². The number of nitrogens with zero attached hydrogens (tertiary/aromatic N) is 1. The van der Waals surface area contributed by atoms with Gasteiger partial charge in [-0.05, 0) is 42.7 Å². The topological polar surface area (TPSA) is 68.9 Å². The molecule has 2 aromatic carbocycles. The second-order valence-electron chi connectivity index (χ2n) is 5.58. The van der Waals surface area contributed by atoms with Crippen LogP contribution in [0.2, 0.25) is 5.02 Å². The first-order chi connectivity index (χ1) is 12.5. The molecule has 0 aliphatic rings. The van der Waals surface area contributed by atoms with Crippen molar-refractivity contribution >= 4 is 41.5 Å². The molecule has 3 N–H and O–H groups in total. The smallest absolute Gasteiger partial charge is 0.188 e. The number of guanidine groups is 1. The zero-order valence-corrected chi connectivity index (χ0v) is 18.4. The minimum atomic E-state index is -0.326. The normalized spacial score (nSPS) is 10.9. The van der Waals surface area contributed by atoms with Crippen molar-refractivity contribution < 1.29 is 13.9 Å². The molecular formula is C19H24ClFIN3O2. The zero-order valence-electron chi connectivity index (χ0n) is 15.3. The SMILES string of the molecule is COc1ccc(CCNC(N)=NCCc2c(F)cccc2Cl)cc1OC.I. The largest absolute Gasteiger partial charge is 0.493 e. The maximum absolute atomic E-state index is 13.7. The van der Waals surface area contributed by atoms with Crippen molar-refractivity contribution in [3.05, 3.63) is 58.4 Å². The summed E-state index contributed by atoms with van der Waals surface area (Å²) >= 11 is 5.99. The molecule has 5 nitrogen and oxygen atoms in total. The van der Waals surface area contributed by atoms with Gasteiger partial charge in [0.25, 0.3) is 0 Å². The Labute approximate surface area is 181 Å². The molecule has 0 fully saturated rings. The van der Waals surface area contributed by atoms with Crippen molar-refractivity contribution in [1.29, 1.82) is 0 Å². The minimum absolute atomic E-state index is 0. The lowest BCUT2D eigenvalue weighted by Crippen LogP contribution is -2.33. The van der Waals surface area contributed by atoms with Crippen LogP contribution in [0.15, 0.2) is 41.4 Å². The van der Waals surface area contributed by atoms with E-state index >= 15 is 0 Å². The first-order valence-corrected chi connectivity index (χ1v) is 8.60. The van der Waals surface area contributed by atoms with E-state index in [1.54, 1.807) is 26.4 Å². The van der Waals surface area contributed by atoms with Gasteiger partial charge in [-0.2, -0.15) is 0 Å². The number of aliphatic imine (C=N–C) groups is 1. The van der Waals surface area contributed by atoms with E-state index in [4.69, 9.17) is 26.8 Å². The van der Waals surface area contributed by atoms with Crippen LogP contribution in [0.25, 0.3) is 0 Å². The van der Waals surface area contributed by atoms with Gasteiger partial charge in [0.15, 0.2) is 17.5 Å². The van der Waals surface area contributed by atoms with Gasteiger partial charge in [-0.3, -0.25) is 4.99 Å². The highest BCUT2D eigenvalue weighted by Crippen LogP contribution is 2.27. The highest BCUT2D eigenvalue weighted by molar-refractivity contribution is 14.0. The van der Waals surface area contributed by atoms with Gasteiger partial charge in [0.1, 0.15) is 5.82 Å². The van der Waals surface area contributed by atoms with Crippen LogP contribution in [0.1, 0.15) is 11.1 Å². The van der Waals surface area contributed by atoms with Crippen molar-refractivity contribution in [1.82, 2.24) is 5.32 Å². The van der Waals surface area contributed by atoms with Gasteiger partial charge >= 0.3 is 0 Å². The van der Waals surface area contributed by atoms with Crippen molar-refractivity contribution in [2.75, 3.05) is 27.3 Å². The van der Waals surface area contributed by atoms with Crippen molar-refractivity contribution in [2.24, 2.45) is 10.7 Å². The Hall–Kier alpha value is -1.74. The van der Waals surface area contributed by atoms with Gasteiger partial charge in [-0.15, -0.1) is 24.0 Å². The summed E-state index contributed by atoms with van der Waals surface area (Å²) < 4.78 is 24.2. The molecule has 0 aliphatic carbocycles. The Balaban J connectivity index is 0.00000364. The molecule has 0 atom stereocenters. The highest BCUT2D eigenvalue weighted by Gasteiger charge is 2.06. The Morgan fingerprint density at radius 1 is 1.15 bits per heavy atom. The number of methoxy groups -OCH3 is 2. The Morgan fingerprint density at radius 2 is 1.89 bits per heavy atom. The molecule has 0 bridgehead atoms. The number of halogens is 3. The summed E-state index contributed by atoms with van der Waals surface area (Å²) in [6.07, 6.45) is 1.14. The van der Waals surface area contributed by atoms with E-state index in [0.717, 1.165) is 12.0 Å². The molecule has 8 heteroatoms. The fraction of sp³-hybridized carbons (Fsp3) is 0.316. The van der Waals surface area contributed by atoms with Crippen molar-refractivity contribution in [3.63, 3.8) is 0 Å². The van der Waals surface area contributed by atoms with Crippen LogP contribution >= 0.6 is 35.6 Å².